The van der Waals surface area contributed by atoms with E-state index < -0.39 is 32.5 Å². The Balaban J connectivity index is 1.31. The summed E-state index contributed by atoms with van der Waals surface area (Å²) in [5.74, 6) is 6.46. The number of benzene rings is 2. The van der Waals surface area contributed by atoms with Gasteiger partial charge >= 0.3 is 6.18 Å². The summed E-state index contributed by atoms with van der Waals surface area (Å²) in [5, 5.41) is 12.3. The van der Waals surface area contributed by atoms with Crippen LogP contribution in [0.2, 0.25) is 0 Å². The number of ether oxygens (including phenoxy) is 1. The lowest BCUT2D eigenvalue weighted by Crippen LogP contribution is -2.48. The van der Waals surface area contributed by atoms with Gasteiger partial charge in [-0.05, 0) is 54.8 Å². The fourth-order valence-electron chi connectivity index (χ4n) is 5.92. The average Bonchev–Trinajstić information content (AvgIpc) is 3.32. The van der Waals surface area contributed by atoms with E-state index in [9.17, 15) is 30.0 Å². The fourth-order valence-corrected chi connectivity index (χ4v) is 8.85. The van der Waals surface area contributed by atoms with Crippen molar-refractivity contribution in [3.63, 3.8) is 0 Å². The number of sulfonamides is 1. The van der Waals surface area contributed by atoms with E-state index in [-0.39, 0.29) is 40.3 Å². The van der Waals surface area contributed by atoms with Crippen molar-refractivity contribution in [2.45, 2.75) is 55.3 Å². The lowest BCUT2D eigenvalue weighted by molar-refractivity contribution is -0.126. The van der Waals surface area contributed by atoms with Crippen molar-refractivity contribution in [3.05, 3.63) is 46.8 Å². The van der Waals surface area contributed by atoms with Crippen molar-refractivity contribution in [1.82, 2.24) is 4.90 Å². The summed E-state index contributed by atoms with van der Waals surface area (Å²) in [6, 6.07) is 9.92. The Morgan fingerprint density at radius 3 is 2.44 bits per heavy atom. The van der Waals surface area contributed by atoms with Crippen molar-refractivity contribution in [3.8, 4) is 17.6 Å². The maximum Gasteiger partial charge on any atom is 0.393 e. The predicted octanol–water partition coefficient (Wildman–Crippen LogP) is 4.58. The van der Waals surface area contributed by atoms with Crippen molar-refractivity contribution >= 4 is 52.7 Å². The van der Waals surface area contributed by atoms with Crippen LogP contribution in [0.25, 0.3) is 10.1 Å². The van der Waals surface area contributed by atoms with Gasteiger partial charge in [0.1, 0.15) is 5.75 Å². The Labute approximate surface area is 265 Å². The molecule has 15 heteroatoms. The van der Waals surface area contributed by atoms with Crippen LogP contribution in [-0.4, -0.2) is 78.2 Å². The highest BCUT2D eigenvalue weighted by atomic mass is 32.2. The number of halogens is 3. The van der Waals surface area contributed by atoms with Gasteiger partial charge in [0.15, 0.2) is 9.84 Å². The molecule has 4 N–H and O–H groups in total. The highest BCUT2D eigenvalue weighted by Gasteiger charge is 2.32. The molecular weight excluding hydrogens is 650 g/mol. The molecule has 0 radical (unpaired) electrons. The van der Waals surface area contributed by atoms with Crippen LogP contribution in [0.4, 0.5) is 24.5 Å². The van der Waals surface area contributed by atoms with Gasteiger partial charge in [-0.15, -0.1) is 11.3 Å². The maximum absolute atomic E-state index is 13.7. The topological polar surface area (TPSA) is 131 Å². The van der Waals surface area contributed by atoms with Crippen LogP contribution in [0.15, 0.2) is 41.3 Å². The highest BCUT2D eigenvalue weighted by molar-refractivity contribution is 7.91. The van der Waals surface area contributed by atoms with E-state index in [0.717, 1.165) is 36.1 Å². The Hall–Kier alpha value is -3.03. The molecule has 9 nitrogen and oxygen atoms in total. The van der Waals surface area contributed by atoms with Crippen LogP contribution >= 0.6 is 11.3 Å². The van der Waals surface area contributed by atoms with Crippen LogP contribution in [0.3, 0.4) is 0 Å². The first-order valence-corrected chi connectivity index (χ1v) is 18.7. The van der Waals surface area contributed by atoms with Gasteiger partial charge in [-0.3, -0.25) is 4.90 Å². The first kappa shape index (κ1) is 33.3. The van der Waals surface area contributed by atoms with Gasteiger partial charge in [0.05, 0.1) is 57.4 Å². The lowest BCUT2D eigenvalue weighted by atomic mass is 9.90. The normalized spacial score (nSPS) is 20.7. The maximum atomic E-state index is 13.7. The van der Waals surface area contributed by atoms with Crippen LogP contribution < -0.4 is 20.5 Å². The Kier molecular flexibility index (Phi) is 9.90. The number of alkyl halides is 3. The van der Waals surface area contributed by atoms with E-state index in [4.69, 9.17) is 9.88 Å². The number of thiophene rings is 1. The van der Waals surface area contributed by atoms with Crippen molar-refractivity contribution < 1.29 is 34.7 Å². The molecule has 2 fully saturated rings. The summed E-state index contributed by atoms with van der Waals surface area (Å²) in [6.07, 6.45) is -1.91. The SMILES string of the molecule is COc1cc(S(N)(=O)=O)ccc1NCC#Cc1sc2c(NC3CCC(N4CCS(=O)(=O)CC4)CC3)cccc2c1CC(F)(F)F. The summed E-state index contributed by atoms with van der Waals surface area (Å²) in [4.78, 5) is 2.49. The third kappa shape index (κ3) is 8.42. The minimum atomic E-state index is -4.42. The Morgan fingerprint density at radius 2 is 1.80 bits per heavy atom. The number of primary sulfonamides is 1. The second-order valence-corrected chi connectivity index (χ2v) is 16.2. The summed E-state index contributed by atoms with van der Waals surface area (Å²) in [5.41, 5.74) is 1.37. The van der Waals surface area contributed by atoms with E-state index in [0.29, 0.717) is 35.1 Å². The number of fused-ring (bicyclic) bond motifs is 1. The van der Waals surface area contributed by atoms with Gasteiger partial charge in [-0.2, -0.15) is 13.2 Å². The van der Waals surface area contributed by atoms with Crippen LogP contribution in [0.1, 0.15) is 36.1 Å². The van der Waals surface area contributed by atoms with Gasteiger partial charge in [0.25, 0.3) is 0 Å². The van der Waals surface area contributed by atoms with Gasteiger partial charge in [0.2, 0.25) is 10.0 Å². The molecule has 0 atom stereocenters. The number of methoxy groups -OCH3 is 1. The molecule has 1 aliphatic heterocycles. The molecular formula is C30H35F3N4O5S3. The van der Waals surface area contributed by atoms with Crippen LogP contribution in [-0.2, 0) is 26.3 Å². The molecule has 2 heterocycles. The molecule has 1 saturated carbocycles. The van der Waals surface area contributed by atoms with Crippen molar-refractivity contribution in [2.75, 3.05) is 48.9 Å². The van der Waals surface area contributed by atoms with Gasteiger partial charge in [-0.1, -0.05) is 24.0 Å². The molecule has 2 aromatic carbocycles. The van der Waals surface area contributed by atoms with E-state index in [1.165, 1.54) is 36.6 Å². The molecule has 2 aliphatic rings. The zero-order valence-electron chi connectivity index (χ0n) is 24.6. The van der Waals surface area contributed by atoms with E-state index in [1.807, 2.05) is 6.07 Å². The second-order valence-electron chi connectivity index (χ2n) is 11.3. The fraction of sp³-hybridized carbons (Fsp3) is 0.467. The summed E-state index contributed by atoms with van der Waals surface area (Å²) < 4.78 is 93.9. The van der Waals surface area contributed by atoms with E-state index in [1.54, 1.807) is 12.1 Å². The predicted molar refractivity (Wildman–Crippen MR) is 171 cm³/mol. The Bertz CT molecular complexity index is 1810. The molecule has 0 bridgehead atoms. The lowest BCUT2D eigenvalue weighted by Gasteiger charge is -2.39. The van der Waals surface area contributed by atoms with Gasteiger partial charge < -0.3 is 15.4 Å². The Morgan fingerprint density at radius 1 is 1.09 bits per heavy atom. The van der Waals surface area contributed by atoms with Gasteiger partial charge in [0, 0.05) is 31.2 Å². The second kappa shape index (κ2) is 13.4. The monoisotopic (exact) mass is 684 g/mol. The van der Waals surface area contributed by atoms with Crippen molar-refractivity contribution in [1.29, 1.82) is 0 Å². The summed E-state index contributed by atoms with van der Waals surface area (Å²) in [6.45, 7) is 1.21. The number of rotatable bonds is 8. The number of anilines is 2. The third-order valence-corrected chi connectivity index (χ3v) is 11.9. The molecule has 3 aromatic rings. The number of hydrogen-bond donors (Lipinski definition) is 3. The standard InChI is InChI=1S/C30H35F3N4O5S3/c1-42-27-18-22(45(34,40)41)11-12-25(27)35-13-3-6-28-24(19-30(31,32)33)23-4-2-5-26(29(23)43-28)36-20-7-9-21(10-8-20)37-14-16-44(38,39)17-15-37/h2,4-5,11-12,18,20-21,35-36H,7-10,13-17,19H2,1H3,(H2,34,40,41). The molecule has 5 rings (SSSR count). The number of sulfone groups is 1. The van der Waals surface area contributed by atoms with Crippen molar-refractivity contribution in [2.24, 2.45) is 5.14 Å². The number of nitrogens with zero attached hydrogens (tertiary/aromatic N) is 1. The summed E-state index contributed by atoms with van der Waals surface area (Å²) in [7, 11) is -5.48. The first-order chi connectivity index (χ1) is 21.2. The first-order valence-electron chi connectivity index (χ1n) is 14.5. The number of hydrogen-bond acceptors (Lipinski definition) is 9. The average molecular weight is 685 g/mol. The minimum Gasteiger partial charge on any atom is -0.495 e. The van der Waals surface area contributed by atoms with Gasteiger partial charge in [-0.25, -0.2) is 22.0 Å². The van der Waals surface area contributed by atoms with Crippen LogP contribution in [0.5, 0.6) is 5.75 Å². The van der Waals surface area contributed by atoms with E-state index >= 15 is 0 Å². The number of nitrogens with one attached hydrogen (secondary N) is 2. The molecule has 1 aliphatic carbocycles. The summed E-state index contributed by atoms with van der Waals surface area (Å²) >= 11 is 1.23. The zero-order chi connectivity index (χ0) is 32.4. The molecule has 0 amide bonds. The molecule has 244 valence electrons. The van der Waals surface area contributed by atoms with E-state index in [2.05, 4.69) is 27.4 Å². The smallest absolute Gasteiger partial charge is 0.393 e. The molecule has 0 spiro atoms. The quantitative estimate of drug-likeness (QED) is 0.294. The molecule has 45 heavy (non-hydrogen) atoms. The molecule has 1 saturated heterocycles. The molecule has 0 unspecified atom stereocenters. The van der Waals surface area contributed by atoms with Crippen LogP contribution in [0, 0.1) is 11.8 Å². The zero-order valence-corrected chi connectivity index (χ0v) is 27.1. The minimum absolute atomic E-state index is 0.0715. The highest BCUT2D eigenvalue weighted by Crippen LogP contribution is 2.40. The third-order valence-electron chi connectivity index (χ3n) is 8.22. The largest absolute Gasteiger partial charge is 0.495 e. The number of nitrogens with two attached hydrogens (primary N) is 1. The molecule has 1 aromatic heterocycles.